The van der Waals surface area contributed by atoms with E-state index in [1.807, 2.05) is 0 Å². The lowest BCUT2D eigenvalue weighted by Crippen LogP contribution is -2.32. The van der Waals surface area contributed by atoms with Crippen LogP contribution in [0.25, 0.3) is 0 Å². The monoisotopic (exact) mass is 177 g/mol. The van der Waals surface area contributed by atoms with E-state index in [2.05, 4.69) is 10.1 Å². The van der Waals surface area contributed by atoms with E-state index in [0.717, 1.165) is 0 Å². The summed E-state index contributed by atoms with van der Waals surface area (Å²) in [5, 5.41) is 3.20. The van der Waals surface area contributed by atoms with Crippen molar-refractivity contribution >= 4 is 18.4 Å². The number of nitrogens with one attached hydrogen (secondary N) is 1. The molecule has 0 aromatic heterocycles. The van der Waals surface area contributed by atoms with E-state index in [-0.39, 0.29) is 24.4 Å². The van der Waals surface area contributed by atoms with Crippen molar-refractivity contribution in [2.75, 3.05) is 7.11 Å². The number of rotatable bonds is 1. The van der Waals surface area contributed by atoms with Gasteiger partial charge in [-0.2, -0.15) is 0 Å². The number of esters is 1. The van der Waals surface area contributed by atoms with E-state index in [9.17, 15) is 4.79 Å². The first-order valence-corrected chi connectivity index (χ1v) is 3.65. The van der Waals surface area contributed by atoms with Crippen molar-refractivity contribution in [1.29, 1.82) is 0 Å². The van der Waals surface area contributed by atoms with Crippen LogP contribution < -0.4 is 5.32 Å². The topological polar surface area (TPSA) is 38.3 Å². The summed E-state index contributed by atoms with van der Waals surface area (Å²) in [6, 6.07) is 0.615. The van der Waals surface area contributed by atoms with Crippen molar-refractivity contribution in [3.05, 3.63) is 0 Å². The van der Waals surface area contributed by atoms with Crippen molar-refractivity contribution in [2.45, 2.75) is 24.9 Å². The Morgan fingerprint density at radius 3 is 2.55 bits per heavy atom. The van der Waals surface area contributed by atoms with Crippen LogP contribution in [-0.4, -0.2) is 25.2 Å². The molecule has 4 heteroatoms. The molecular weight excluding hydrogens is 166 g/mol. The molecule has 2 bridgehead atoms. The number of methoxy groups -OCH3 is 1. The molecule has 2 heterocycles. The lowest BCUT2D eigenvalue weighted by molar-refractivity contribution is -0.143. The molecule has 2 aliphatic heterocycles. The second-order valence-corrected chi connectivity index (χ2v) is 3.10. The number of ether oxygens (including phenoxy) is 1. The average Bonchev–Trinajstić information content (AvgIpc) is 2.39. The normalized spacial score (nSPS) is 38.8. The Labute approximate surface area is 71.9 Å². The van der Waals surface area contributed by atoms with Crippen molar-refractivity contribution in [3.8, 4) is 0 Å². The van der Waals surface area contributed by atoms with Crippen molar-refractivity contribution in [3.63, 3.8) is 0 Å². The summed E-state index contributed by atoms with van der Waals surface area (Å²) >= 11 is 0. The summed E-state index contributed by atoms with van der Waals surface area (Å²) < 4.78 is 4.63. The van der Waals surface area contributed by atoms with Gasteiger partial charge in [0.15, 0.2) is 0 Å². The fraction of sp³-hybridized carbons (Fsp3) is 0.857. The standard InChI is InChI=1S/C7H11NO2.ClH/c1-10-7(9)6-4-2-5(3-4)8-6;/h4-6,8H,2-3H2,1H3;1H. The summed E-state index contributed by atoms with van der Waals surface area (Å²) in [6.45, 7) is 0. The summed E-state index contributed by atoms with van der Waals surface area (Å²) in [4.78, 5) is 11.0. The van der Waals surface area contributed by atoms with E-state index < -0.39 is 0 Å². The Bertz CT molecular complexity index is 168. The van der Waals surface area contributed by atoms with Crippen LogP contribution in [0.2, 0.25) is 0 Å². The number of hydrogen-bond acceptors (Lipinski definition) is 3. The van der Waals surface area contributed by atoms with E-state index in [1.165, 1.54) is 20.0 Å². The predicted octanol–water partition coefficient (Wildman–Crippen LogP) is 0.332. The van der Waals surface area contributed by atoms with Crippen LogP contribution in [0.1, 0.15) is 12.8 Å². The third kappa shape index (κ3) is 1.23. The fourth-order valence-corrected chi connectivity index (χ4v) is 1.85. The Morgan fingerprint density at radius 2 is 2.18 bits per heavy atom. The molecule has 1 aliphatic carbocycles. The van der Waals surface area contributed by atoms with Crippen molar-refractivity contribution in [2.24, 2.45) is 5.92 Å². The molecule has 1 N–H and O–H groups in total. The summed E-state index contributed by atoms with van der Waals surface area (Å²) in [5.74, 6) is 0.474. The van der Waals surface area contributed by atoms with E-state index >= 15 is 0 Å². The first-order valence-electron chi connectivity index (χ1n) is 3.65. The SMILES string of the molecule is COC(=O)C1NC2CC1C2.Cl. The van der Waals surface area contributed by atoms with Crippen LogP contribution in [0, 0.1) is 5.92 Å². The van der Waals surface area contributed by atoms with Gasteiger partial charge in [0.05, 0.1) is 7.11 Å². The molecule has 0 aromatic rings. The minimum Gasteiger partial charge on any atom is -0.468 e. The third-order valence-electron chi connectivity index (χ3n) is 2.52. The molecule has 2 saturated heterocycles. The Hall–Kier alpha value is -0.280. The minimum atomic E-state index is -0.0926. The van der Waals surface area contributed by atoms with Gasteiger partial charge in [-0.05, 0) is 18.8 Å². The van der Waals surface area contributed by atoms with Crippen molar-refractivity contribution in [1.82, 2.24) is 5.32 Å². The number of hydrogen-bond donors (Lipinski definition) is 1. The summed E-state index contributed by atoms with van der Waals surface area (Å²) in [7, 11) is 1.44. The lowest BCUT2D eigenvalue weighted by atomic mass is 9.83. The largest absolute Gasteiger partial charge is 0.468 e. The third-order valence-corrected chi connectivity index (χ3v) is 2.52. The maximum absolute atomic E-state index is 11.0. The van der Waals surface area contributed by atoms with Crippen LogP contribution in [0.4, 0.5) is 0 Å². The van der Waals surface area contributed by atoms with Crippen LogP contribution in [0.3, 0.4) is 0 Å². The Kier molecular flexibility index (Phi) is 2.40. The highest BCUT2D eigenvalue weighted by molar-refractivity contribution is 5.85. The molecule has 64 valence electrons. The molecule has 3 rings (SSSR count). The second-order valence-electron chi connectivity index (χ2n) is 3.10. The van der Waals surface area contributed by atoms with Gasteiger partial charge in [-0.3, -0.25) is 4.79 Å². The van der Waals surface area contributed by atoms with Gasteiger partial charge in [0.1, 0.15) is 6.04 Å². The zero-order chi connectivity index (χ0) is 7.14. The molecule has 0 radical (unpaired) electrons. The summed E-state index contributed by atoms with van der Waals surface area (Å²) in [6.07, 6.45) is 2.33. The van der Waals surface area contributed by atoms with Crippen LogP contribution in [0.15, 0.2) is 0 Å². The van der Waals surface area contributed by atoms with E-state index in [0.29, 0.717) is 12.0 Å². The van der Waals surface area contributed by atoms with E-state index in [4.69, 9.17) is 0 Å². The second kappa shape index (κ2) is 2.99. The fourth-order valence-electron chi connectivity index (χ4n) is 1.85. The van der Waals surface area contributed by atoms with Gasteiger partial charge >= 0.3 is 5.97 Å². The highest BCUT2D eigenvalue weighted by Gasteiger charge is 2.47. The number of halogens is 1. The first-order chi connectivity index (χ1) is 4.81. The molecular formula is C7H12ClNO2. The van der Waals surface area contributed by atoms with Gasteiger partial charge in [-0.25, -0.2) is 0 Å². The Morgan fingerprint density at radius 1 is 1.55 bits per heavy atom. The van der Waals surface area contributed by atoms with Gasteiger partial charge in [-0.15, -0.1) is 12.4 Å². The first kappa shape index (κ1) is 8.81. The Balaban J connectivity index is 0.000000605. The summed E-state index contributed by atoms with van der Waals surface area (Å²) in [5.41, 5.74) is 0. The van der Waals surface area contributed by atoms with Gasteiger partial charge in [0.2, 0.25) is 0 Å². The number of carbonyl (C=O) groups excluding carboxylic acids is 1. The number of fused-ring (bicyclic) bond motifs is 1. The van der Waals surface area contributed by atoms with Crippen LogP contribution in [0.5, 0.6) is 0 Å². The maximum atomic E-state index is 11.0. The molecule has 3 fully saturated rings. The highest BCUT2D eigenvalue weighted by Crippen LogP contribution is 2.38. The molecule has 0 spiro atoms. The van der Waals surface area contributed by atoms with Gasteiger partial charge in [0.25, 0.3) is 0 Å². The molecule has 3 aliphatic rings. The maximum Gasteiger partial charge on any atom is 0.323 e. The molecule has 11 heavy (non-hydrogen) atoms. The van der Waals surface area contributed by atoms with Crippen LogP contribution in [-0.2, 0) is 9.53 Å². The van der Waals surface area contributed by atoms with Gasteiger partial charge in [0, 0.05) is 6.04 Å². The molecule has 1 atom stereocenters. The van der Waals surface area contributed by atoms with Crippen LogP contribution >= 0.6 is 12.4 Å². The van der Waals surface area contributed by atoms with Crippen molar-refractivity contribution < 1.29 is 9.53 Å². The zero-order valence-corrected chi connectivity index (χ0v) is 7.19. The van der Waals surface area contributed by atoms with Gasteiger partial charge < -0.3 is 10.1 Å². The molecule has 3 nitrogen and oxygen atoms in total. The quantitative estimate of drug-likeness (QED) is 0.587. The highest BCUT2D eigenvalue weighted by atomic mass is 35.5. The lowest BCUT2D eigenvalue weighted by Gasteiger charge is -2.21. The predicted molar refractivity (Wildman–Crippen MR) is 42.7 cm³/mol. The van der Waals surface area contributed by atoms with Gasteiger partial charge in [-0.1, -0.05) is 0 Å². The number of carbonyl (C=O) groups is 1. The zero-order valence-electron chi connectivity index (χ0n) is 6.37. The molecule has 1 unspecified atom stereocenters. The molecule has 0 aromatic carbocycles. The molecule has 1 saturated carbocycles. The molecule has 0 amide bonds. The van der Waals surface area contributed by atoms with E-state index in [1.54, 1.807) is 0 Å². The minimum absolute atomic E-state index is 0. The average molecular weight is 178 g/mol. The smallest absolute Gasteiger partial charge is 0.323 e.